The lowest BCUT2D eigenvalue weighted by atomic mass is 9.84. The Hall–Kier alpha value is -3.01. The van der Waals surface area contributed by atoms with Crippen LogP contribution in [-0.4, -0.2) is 41.1 Å². The Morgan fingerprint density at radius 2 is 2.11 bits per heavy atom. The first-order valence-corrected chi connectivity index (χ1v) is 9.20. The molecule has 0 N–H and O–H groups in total. The predicted molar refractivity (Wildman–Crippen MR) is 100 cm³/mol. The van der Waals surface area contributed by atoms with E-state index < -0.39 is 23.7 Å². The molecule has 0 aliphatic carbocycles. The van der Waals surface area contributed by atoms with E-state index >= 15 is 0 Å². The topological polar surface area (TPSA) is 88.9 Å². The number of hydrogen-bond donors (Lipinski definition) is 0. The van der Waals surface area contributed by atoms with Gasteiger partial charge in [-0.05, 0) is 45.9 Å². The molecular formula is C21H24N2O5. The molecule has 7 nitrogen and oxygen atoms in total. The monoisotopic (exact) mass is 384 g/mol. The van der Waals surface area contributed by atoms with Gasteiger partial charge >= 0.3 is 5.97 Å². The van der Waals surface area contributed by atoms with E-state index in [1.165, 1.54) is 13.0 Å². The van der Waals surface area contributed by atoms with Gasteiger partial charge in [0, 0.05) is 18.6 Å². The zero-order valence-corrected chi connectivity index (χ0v) is 16.7. The summed E-state index contributed by atoms with van der Waals surface area (Å²) < 4.78 is 17.4. The number of nitrogens with zero attached hydrogens (tertiary/aromatic N) is 2. The van der Waals surface area contributed by atoms with Crippen molar-refractivity contribution in [2.24, 2.45) is 0 Å². The number of rotatable bonds is 4. The van der Waals surface area contributed by atoms with Crippen molar-refractivity contribution in [2.75, 3.05) is 6.54 Å². The van der Waals surface area contributed by atoms with Gasteiger partial charge in [0.25, 0.3) is 5.91 Å². The molecule has 0 fully saturated rings. The van der Waals surface area contributed by atoms with Gasteiger partial charge in [0.2, 0.25) is 0 Å². The van der Waals surface area contributed by atoms with Crippen LogP contribution in [0.1, 0.15) is 51.8 Å². The summed E-state index contributed by atoms with van der Waals surface area (Å²) in [5.74, 6) is 0.418. The van der Waals surface area contributed by atoms with Gasteiger partial charge in [0.15, 0.2) is 6.10 Å². The summed E-state index contributed by atoms with van der Waals surface area (Å²) in [5, 5.41) is 9.31. The van der Waals surface area contributed by atoms with Gasteiger partial charge < -0.3 is 19.1 Å². The van der Waals surface area contributed by atoms with Crippen molar-refractivity contribution in [1.29, 1.82) is 5.26 Å². The van der Waals surface area contributed by atoms with Crippen molar-refractivity contribution in [1.82, 2.24) is 4.90 Å². The van der Waals surface area contributed by atoms with Gasteiger partial charge in [-0.3, -0.25) is 9.59 Å². The van der Waals surface area contributed by atoms with E-state index in [1.54, 1.807) is 23.1 Å². The van der Waals surface area contributed by atoms with Crippen molar-refractivity contribution in [3.8, 4) is 11.8 Å². The van der Waals surface area contributed by atoms with Gasteiger partial charge in [0.05, 0.1) is 24.3 Å². The Balaban J connectivity index is 2.08. The van der Waals surface area contributed by atoms with Crippen LogP contribution in [0.3, 0.4) is 0 Å². The standard InChI is InChI=1S/C21H24N2O5/c1-12(2)26-15-9-18(25)23(11-15)19-16-8-14(10-22)6-7-17(16)28-21(4,5)20(19)27-13(3)24/h6-9,12,19-20H,11H2,1-5H3/t19-,20+/m0/s1. The fourth-order valence-corrected chi connectivity index (χ4v) is 3.66. The highest BCUT2D eigenvalue weighted by Crippen LogP contribution is 2.45. The van der Waals surface area contributed by atoms with Crippen molar-refractivity contribution in [3.05, 3.63) is 41.2 Å². The second-order valence-electron chi connectivity index (χ2n) is 7.79. The van der Waals surface area contributed by atoms with Gasteiger partial charge in [-0.15, -0.1) is 0 Å². The van der Waals surface area contributed by atoms with Crippen LogP contribution >= 0.6 is 0 Å². The minimum atomic E-state index is -0.876. The third-order valence-corrected chi connectivity index (χ3v) is 4.71. The molecule has 1 amide bonds. The number of amides is 1. The summed E-state index contributed by atoms with van der Waals surface area (Å²) in [6.45, 7) is 8.99. The highest BCUT2D eigenvalue weighted by molar-refractivity contribution is 5.91. The average Bonchev–Trinajstić information content (AvgIpc) is 2.93. The van der Waals surface area contributed by atoms with Crippen molar-refractivity contribution in [2.45, 2.75) is 58.5 Å². The quantitative estimate of drug-likeness (QED) is 0.742. The summed E-state index contributed by atoms with van der Waals surface area (Å²) in [6, 6.07) is 6.56. The maximum absolute atomic E-state index is 12.8. The molecule has 2 aliphatic heterocycles. The molecule has 2 heterocycles. The summed E-state index contributed by atoms with van der Waals surface area (Å²) in [5.41, 5.74) is 0.198. The maximum Gasteiger partial charge on any atom is 0.303 e. The molecule has 3 rings (SSSR count). The second kappa shape index (κ2) is 7.19. The molecule has 0 spiro atoms. The van der Waals surface area contributed by atoms with Crippen molar-refractivity contribution >= 4 is 11.9 Å². The lowest BCUT2D eigenvalue weighted by Crippen LogP contribution is -2.55. The number of carbonyl (C=O) groups excluding carboxylic acids is 2. The number of benzene rings is 1. The number of carbonyl (C=O) groups is 2. The normalized spacial score (nSPS) is 22.8. The number of esters is 1. The molecule has 1 aromatic rings. The van der Waals surface area contributed by atoms with Gasteiger partial charge in [-0.2, -0.15) is 5.26 Å². The summed E-state index contributed by atoms with van der Waals surface area (Å²) in [6.07, 6.45) is 0.648. The van der Waals surface area contributed by atoms with Crippen molar-refractivity contribution in [3.63, 3.8) is 0 Å². The molecule has 28 heavy (non-hydrogen) atoms. The first-order valence-electron chi connectivity index (χ1n) is 9.20. The number of ether oxygens (including phenoxy) is 3. The van der Waals surface area contributed by atoms with Crippen LogP contribution in [-0.2, 0) is 19.1 Å². The molecule has 7 heteroatoms. The van der Waals surface area contributed by atoms with Crippen LogP contribution in [0.2, 0.25) is 0 Å². The zero-order chi connectivity index (χ0) is 20.6. The van der Waals surface area contributed by atoms with E-state index in [4.69, 9.17) is 14.2 Å². The van der Waals surface area contributed by atoms with E-state index in [0.29, 0.717) is 22.6 Å². The fourth-order valence-electron chi connectivity index (χ4n) is 3.66. The molecule has 2 aliphatic rings. The minimum Gasteiger partial charge on any atom is -0.493 e. The Labute approximate surface area is 164 Å². The third kappa shape index (κ3) is 3.68. The Morgan fingerprint density at radius 3 is 2.71 bits per heavy atom. The molecule has 1 aromatic carbocycles. The first-order chi connectivity index (χ1) is 13.1. The van der Waals surface area contributed by atoms with Crippen LogP contribution < -0.4 is 4.74 Å². The highest BCUT2D eigenvalue weighted by Gasteiger charge is 2.50. The highest BCUT2D eigenvalue weighted by atomic mass is 16.6. The summed E-state index contributed by atoms with van der Waals surface area (Å²) in [7, 11) is 0. The van der Waals surface area contributed by atoms with E-state index in [9.17, 15) is 14.9 Å². The molecular weight excluding hydrogens is 360 g/mol. The molecule has 0 saturated heterocycles. The largest absolute Gasteiger partial charge is 0.493 e. The lowest BCUT2D eigenvalue weighted by Gasteiger charge is -2.46. The predicted octanol–water partition coefficient (Wildman–Crippen LogP) is 2.85. The average molecular weight is 384 g/mol. The zero-order valence-electron chi connectivity index (χ0n) is 16.7. The summed E-state index contributed by atoms with van der Waals surface area (Å²) >= 11 is 0. The maximum atomic E-state index is 12.8. The second-order valence-corrected chi connectivity index (χ2v) is 7.79. The lowest BCUT2D eigenvalue weighted by molar-refractivity contribution is -0.171. The van der Waals surface area contributed by atoms with E-state index in [2.05, 4.69) is 6.07 Å². The smallest absolute Gasteiger partial charge is 0.303 e. The SMILES string of the molecule is CC(=O)O[C@@H]1[C@@H](N2CC(OC(C)C)=CC2=O)c2cc(C#N)ccc2OC1(C)C. The minimum absolute atomic E-state index is 0.0631. The van der Waals surface area contributed by atoms with Crippen LogP contribution in [0, 0.1) is 11.3 Å². The molecule has 2 atom stereocenters. The molecule has 0 aromatic heterocycles. The third-order valence-electron chi connectivity index (χ3n) is 4.71. The van der Waals surface area contributed by atoms with Gasteiger partial charge in [-0.1, -0.05) is 0 Å². The van der Waals surface area contributed by atoms with Crippen LogP contribution in [0.4, 0.5) is 0 Å². The number of nitriles is 1. The first kappa shape index (κ1) is 19.7. The van der Waals surface area contributed by atoms with Gasteiger partial charge in [-0.25, -0.2) is 0 Å². The Kier molecular flexibility index (Phi) is 5.07. The number of hydrogen-bond acceptors (Lipinski definition) is 6. The van der Waals surface area contributed by atoms with E-state index in [1.807, 2.05) is 27.7 Å². The van der Waals surface area contributed by atoms with E-state index in [-0.39, 0.29) is 18.6 Å². The van der Waals surface area contributed by atoms with E-state index in [0.717, 1.165) is 0 Å². The Bertz CT molecular complexity index is 881. The summed E-state index contributed by atoms with van der Waals surface area (Å²) in [4.78, 5) is 26.2. The number of fused-ring (bicyclic) bond motifs is 1. The van der Waals surface area contributed by atoms with Gasteiger partial charge in [0.1, 0.15) is 23.2 Å². The van der Waals surface area contributed by atoms with Crippen LogP contribution in [0.15, 0.2) is 30.0 Å². The van der Waals surface area contributed by atoms with Crippen LogP contribution in [0.25, 0.3) is 0 Å². The van der Waals surface area contributed by atoms with Crippen LogP contribution in [0.5, 0.6) is 5.75 Å². The molecule has 148 valence electrons. The van der Waals surface area contributed by atoms with Crippen molar-refractivity contribution < 1.29 is 23.8 Å². The Morgan fingerprint density at radius 1 is 1.39 bits per heavy atom. The molecule has 0 bridgehead atoms. The molecule has 0 radical (unpaired) electrons. The molecule has 0 saturated carbocycles. The molecule has 0 unspecified atom stereocenters. The fraction of sp³-hybridized carbons (Fsp3) is 0.476.